The van der Waals surface area contributed by atoms with Crippen molar-refractivity contribution < 1.29 is 23.1 Å². The Kier molecular flexibility index (Phi) is 4.68. The van der Waals surface area contributed by atoms with E-state index in [-0.39, 0.29) is 4.90 Å². The fraction of sp³-hybridized carbons (Fsp3) is 0.385. The number of carbonyl (C=O) groups excluding carboxylic acids is 1. The topological polar surface area (TPSA) is 113 Å². The summed E-state index contributed by atoms with van der Waals surface area (Å²) >= 11 is 0. The third-order valence-corrected chi connectivity index (χ3v) is 4.74. The van der Waals surface area contributed by atoms with Crippen LogP contribution in [0.1, 0.15) is 23.6 Å². The maximum absolute atomic E-state index is 12.4. The van der Waals surface area contributed by atoms with Gasteiger partial charge < -0.3 is 5.11 Å². The lowest BCUT2D eigenvalue weighted by atomic mass is 10.1. The molecule has 8 heteroatoms. The molecule has 2 N–H and O–H groups in total. The molecule has 0 unspecified atom stereocenters. The molecule has 1 aromatic rings. The number of carbonyl (C=O) groups is 1. The smallest absolute Gasteiger partial charge is 0.348 e. The van der Waals surface area contributed by atoms with Gasteiger partial charge in [0.1, 0.15) is 0 Å². The molecule has 0 amide bonds. The zero-order valence-corrected chi connectivity index (χ0v) is 12.9. The Hall–Kier alpha value is -2.02. The lowest BCUT2D eigenvalue weighted by Gasteiger charge is -2.21. The number of sulfonamides is 1. The average molecular weight is 312 g/mol. The number of hydrogen-bond acceptors (Lipinski definition) is 5. The first-order valence-electron chi connectivity index (χ1n) is 5.98. The van der Waals surface area contributed by atoms with Crippen molar-refractivity contribution in [1.29, 1.82) is 0 Å². The van der Waals surface area contributed by atoms with Gasteiger partial charge in [-0.15, -0.1) is 0 Å². The second kappa shape index (κ2) is 5.77. The highest BCUT2D eigenvalue weighted by Crippen LogP contribution is 2.23. The Morgan fingerprint density at radius 1 is 1.29 bits per heavy atom. The van der Waals surface area contributed by atoms with Gasteiger partial charge in [0.05, 0.1) is 4.90 Å². The maximum atomic E-state index is 12.4. The van der Waals surface area contributed by atoms with Gasteiger partial charge in [-0.05, 0) is 38.8 Å². The van der Waals surface area contributed by atoms with Crippen molar-refractivity contribution in [2.24, 2.45) is 4.99 Å². The van der Waals surface area contributed by atoms with Gasteiger partial charge in [0.25, 0.3) is 0 Å². The van der Waals surface area contributed by atoms with Crippen molar-refractivity contribution in [1.82, 2.24) is 4.72 Å². The molecule has 1 atom stereocenters. The Bertz CT molecular complexity index is 708. The highest BCUT2D eigenvalue weighted by Gasteiger charge is 2.39. The minimum Gasteiger partial charge on any atom is -0.478 e. The first-order valence-corrected chi connectivity index (χ1v) is 7.46. The van der Waals surface area contributed by atoms with Crippen LogP contribution in [0.4, 0.5) is 0 Å². The Balaban J connectivity index is 3.43. The SMILES string of the molecule is Cc1cc(C)c(S(=O)(=O)N[C@](C)(N=C=O)C(=O)O)c(C)c1. The first-order chi connectivity index (χ1) is 9.53. The molecular weight excluding hydrogens is 296 g/mol. The molecular formula is C13H16N2O5S. The summed E-state index contributed by atoms with van der Waals surface area (Å²) in [5.74, 6) is -1.60. The predicted octanol–water partition coefficient (Wildman–Crippen LogP) is 1.03. The standard InChI is InChI=1S/C13H16N2O5S/c1-8-5-9(2)11(10(3)6-8)21(19,20)15-13(4,12(17)18)14-7-16/h5-6,15H,1-4H3,(H,17,18)/t13-/m0/s1. The second-order valence-corrected chi connectivity index (χ2v) is 6.53. The number of nitrogens with zero attached hydrogens (tertiary/aromatic N) is 1. The Labute approximate surface area is 122 Å². The number of aliphatic imine (C=N–C) groups is 1. The number of rotatable bonds is 5. The molecule has 0 saturated carbocycles. The van der Waals surface area contributed by atoms with E-state index in [0.29, 0.717) is 11.1 Å². The van der Waals surface area contributed by atoms with Crippen LogP contribution in [0.2, 0.25) is 0 Å². The van der Waals surface area contributed by atoms with E-state index in [0.717, 1.165) is 18.6 Å². The van der Waals surface area contributed by atoms with E-state index >= 15 is 0 Å². The largest absolute Gasteiger partial charge is 0.478 e. The van der Waals surface area contributed by atoms with Gasteiger partial charge in [0.2, 0.25) is 21.8 Å². The van der Waals surface area contributed by atoms with Crippen LogP contribution in [0.15, 0.2) is 22.0 Å². The van der Waals surface area contributed by atoms with Gasteiger partial charge in [-0.3, -0.25) is 0 Å². The molecule has 0 radical (unpaired) electrons. The molecule has 7 nitrogen and oxygen atoms in total. The fourth-order valence-electron chi connectivity index (χ4n) is 2.11. The van der Waals surface area contributed by atoms with Gasteiger partial charge >= 0.3 is 5.97 Å². The van der Waals surface area contributed by atoms with E-state index in [9.17, 15) is 18.0 Å². The van der Waals surface area contributed by atoms with Crippen LogP contribution in [0, 0.1) is 20.8 Å². The minimum absolute atomic E-state index is 0.0262. The second-order valence-electron chi connectivity index (χ2n) is 4.91. The number of benzene rings is 1. The third kappa shape index (κ3) is 3.55. The molecule has 0 aromatic heterocycles. The summed E-state index contributed by atoms with van der Waals surface area (Å²) < 4.78 is 26.8. The van der Waals surface area contributed by atoms with Gasteiger partial charge in [-0.1, -0.05) is 17.7 Å². The summed E-state index contributed by atoms with van der Waals surface area (Å²) in [7, 11) is -4.17. The summed E-state index contributed by atoms with van der Waals surface area (Å²) in [6.45, 7) is 6.00. The van der Waals surface area contributed by atoms with Crippen molar-refractivity contribution >= 4 is 22.1 Å². The van der Waals surface area contributed by atoms with E-state index < -0.39 is 21.7 Å². The average Bonchev–Trinajstić information content (AvgIpc) is 2.25. The van der Waals surface area contributed by atoms with Crippen molar-refractivity contribution in [2.45, 2.75) is 38.3 Å². The van der Waals surface area contributed by atoms with Crippen LogP contribution in [0.25, 0.3) is 0 Å². The van der Waals surface area contributed by atoms with Crippen molar-refractivity contribution in [3.8, 4) is 0 Å². The Morgan fingerprint density at radius 3 is 2.14 bits per heavy atom. The number of nitrogens with one attached hydrogen (secondary N) is 1. The molecule has 0 aliphatic carbocycles. The lowest BCUT2D eigenvalue weighted by Crippen LogP contribution is -2.50. The summed E-state index contributed by atoms with van der Waals surface area (Å²) in [5, 5.41) is 9.06. The summed E-state index contributed by atoms with van der Waals surface area (Å²) in [6.07, 6.45) is 1.07. The van der Waals surface area contributed by atoms with E-state index in [4.69, 9.17) is 5.11 Å². The number of aliphatic carboxylic acids is 1. The zero-order chi connectivity index (χ0) is 16.4. The van der Waals surface area contributed by atoms with E-state index in [1.807, 2.05) is 11.6 Å². The Morgan fingerprint density at radius 2 is 1.76 bits per heavy atom. The molecule has 1 aromatic carbocycles. The number of hydrogen-bond donors (Lipinski definition) is 2. The van der Waals surface area contributed by atoms with Crippen LogP contribution in [0.5, 0.6) is 0 Å². The van der Waals surface area contributed by atoms with Gasteiger partial charge in [0, 0.05) is 0 Å². The van der Waals surface area contributed by atoms with Crippen LogP contribution in [0.3, 0.4) is 0 Å². The first kappa shape index (κ1) is 17.0. The molecule has 0 bridgehead atoms. The molecule has 0 spiro atoms. The van der Waals surface area contributed by atoms with Gasteiger partial charge in [0.15, 0.2) is 0 Å². The molecule has 21 heavy (non-hydrogen) atoms. The van der Waals surface area contributed by atoms with E-state index in [1.165, 1.54) is 0 Å². The number of carboxylic acid groups (broad SMARTS) is 1. The lowest BCUT2D eigenvalue weighted by molar-refractivity contribution is -0.143. The monoisotopic (exact) mass is 312 g/mol. The molecule has 0 saturated heterocycles. The predicted molar refractivity (Wildman–Crippen MR) is 75.1 cm³/mol. The van der Waals surface area contributed by atoms with Crippen molar-refractivity contribution in [2.75, 3.05) is 0 Å². The normalized spacial score (nSPS) is 14.1. The molecule has 1 rings (SSSR count). The van der Waals surface area contributed by atoms with Crippen molar-refractivity contribution in [3.05, 3.63) is 28.8 Å². The fourth-order valence-corrected chi connectivity index (χ4v) is 3.83. The van der Waals surface area contributed by atoms with Gasteiger partial charge in [-0.2, -0.15) is 9.71 Å². The van der Waals surface area contributed by atoms with Crippen LogP contribution >= 0.6 is 0 Å². The van der Waals surface area contributed by atoms with Crippen molar-refractivity contribution in [3.63, 3.8) is 0 Å². The summed E-state index contributed by atoms with van der Waals surface area (Å²) in [6, 6.07) is 3.34. The third-order valence-electron chi connectivity index (χ3n) is 2.89. The molecule has 0 heterocycles. The van der Waals surface area contributed by atoms with E-state index in [1.54, 1.807) is 26.0 Å². The number of isocyanates is 1. The summed E-state index contributed by atoms with van der Waals surface area (Å²) in [4.78, 5) is 24.5. The van der Waals surface area contributed by atoms with E-state index in [2.05, 4.69) is 4.99 Å². The number of aryl methyl sites for hydroxylation is 3. The number of carboxylic acids is 1. The minimum atomic E-state index is -4.17. The zero-order valence-electron chi connectivity index (χ0n) is 12.1. The quantitative estimate of drug-likeness (QED) is 0.622. The molecule has 0 aliphatic rings. The van der Waals surface area contributed by atoms with Gasteiger partial charge in [-0.25, -0.2) is 18.0 Å². The molecule has 114 valence electrons. The summed E-state index contributed by atoms with van der Waals surface area (Å²) in [5.41, 5.74) is -0.467. The molecule has 0 fully saturated rings. The van der Waals surface area contributed by atoms with Crippen LogP contribution in [-0.2, 0) is 19.6 Å². The van der Waals surface area contributed by atoms with Crippen LogP contribution < -0.4 is 4.72 Å². The molecule has 0 aliphatic heterocycles. The maximum Gasteiger partial charge on any atom is 0.348 e. The highest BCUT2D eigenvalue weighted by atomic mass is 32.2. The highest BCUT2D eigenvalue weighted by molar-refractivity contribution is 7.89. The van der Waals surface area contributed by atoms with Crippen LogP contribution in [-0.4, -0.2) is 31.2 Å².